The lowest BCUT2D eigenvalue weighted by Gasteiger charge is -2.27. The van der Waals surface area contributed by atoms with E-state index in [1.165, 1.54) is 30.5 Å². The summed E-state index contributed by atoms with van der Waals surface area (Å²) in [6.45, 7) is -0.0584. The van der Waals surface area contributed by atoms with Gasteiger partial charge >= 0.3 is 0 Å². The van der Waals surface area contributed by atoms with Crippen LogP contribution in [0.15, 0.2) is 65.5 Å². The minimum Gasteiger partial charge on any atom is -0.510 e. The van der Waals surface area contributed by atoms with E-state index in [1.807, 2.05) is 0 Å². The van der Waals surface area contributed by atoms with Crippen LogP contribution in [0.5, 0.6) is 11.5 Å². The maximum absolute atomic E-state index is 13.7. The summed E-state index contributed by atoms with van der Waals surface area (Å²) in [5, 5.41) is 35.3. The molecule has 0 unspecified atom stereocenters. The number of halogens is 2. The van der Waals surface area contributed by atoms with Crippen LogP contribution in [-0.2, 0) is 23.3 Å². The summed E-state index contributed by atoms with van der Waals surface area (Å²) >= 11 is 6.77. The molecule has 0 bridgehead atoms. The van der Waals surface area contributed by atoms with E-state index in [2.05, 4.69) is 10.1 Å². The molecule has 3 aromatic rings. The lowest BCUT2D eigenvalue weighted by molar-refractivity contribution is 0.132. The van der Waals surface area contributed by atoms with Crippen LogP contribution in [0.4, 0.5) is 4.39 Å². The number of aliphatic hydroxyl groups excluding tert-OH is 2. The summed E-state index contributed by atoms with van der Waals surface area (Å²) in [7, 11) is 1.10. The molecule has 0 saturated heterocycles. The van der Waals surface area contributed by atoms with Gasteiger partial charge < -0.3 is 29.9 Å². The van der Waals surface area contributed by atoms with Crippen LogP contribution in [0.25, 0.3) is 22.3 Å². The molecule has 2 aromatic carbocycles. The van der Waals surface area contributed by atoms with Crippen molar-refractivity contribution in [3.05, 3.63) is 142 Å². The zero-order valence-electron chi connectivity index (χ0n) is 24.1. The number of pyridine rings is 1. The summed E-state index contributed by atoms with van der Waals surface area (Å²) in [6.07, 6.45) is 0.975. The summed E-state index contributed by atoms with van der Waals surface area (Å²) in [4.78, 5) is 74.1. The molecule has 0 saturated carbocycles. The van der Waals surface area contributed by atoms with Crippen molar-refractivity contribution < 1.29 is 29.3 Å². The molecule has 12 nitrogen and oxygen atoms in total. The number of fused-ring (bicyclic) bond motifs is 4. The number of aliphatic hydroxyl groups is 2. The van der Waals surface area contributed by atoms with Gasteiger partial charge in [0, 0.05) is 17.0 Å². The van der Waals surface area contributed by atoms with Crippen molar-refractivity contribution >= 4 is 40.1 Å². The first-order valence-electron chi connectivity index (χ1n) is 14.0. The molecule has 4 aliphatic carbocycles. The van der Waals surface area contributed by atoms with Gasteiger partial charge in [0.15, 0.2) is 11.2 Å². The average molecular weight is 659 g/mol. The third-order valence-corrected chi connectivity index (χ3v) is 9.20. The number of ether oxygens (including phenoxy) is 1. The first kappa shape index (κ1) is 29.9. The van der Waals surface area contributed by atoms with E-state index in [0.717, 1.165) is 13.2 Å². The largest absolute Gasteiger partial charge is 0.510 e. The molecule has 0 amide bonds. The number of nitrogens with zero attached hydrogens (tertiary/aromatic N) is 1. The highest BCUT2D eigenvalue weighted by Gasteiger charge is 2.53. The Labute approximate surface area is 264 Å². The second-order valence-corrected chi connectivity index (χ2v) is 11.5. The predicted octanol–water partition coefficient (Wildman–Crippen LogP) is 0.857. The Morgan fingerprint density at radius 2 is 1.68 bits per heavy atom. The number of oxime groups is 1. The topological polar surface area (TPSA) is 193 Å². The molecule has 47 heavy (non-hydrogen) atoms. The van der Waals surface area contributed by atoms with Crippen molar-refractivity contribution in [3.63, 3.8) is 0 Å². The average Bonchev–Trinajstić information content (AvgIpc) is 3.55. The van der Waals surface area contributed by atoms with Gasteiger partial charge in [-0.05, 0) is 42.2 Å². The summed E-state index contributed by atoms with van der Waals surface area (Å²) in [6, 6.07) is 7.87. The van der Waals surface area contributed by atoms with Gasteiger partial charge in [0.2, 0.25) is 16.3 Å². The van der Waals surface area contributed by atoms with Gasteiger partial charge in [0.25, 0.3) is 5.56 Å². The minimum atomic E-state index is -2.09. The Morgan fingerprint density at radius 3 is 2.36 bits per heavy atom. The van der Waals surface area contributed by atoms with Crippen molar-refractivity contribution in [2.24, 2.45) is 5.16 Å². The maximum Gasteiger partial charge on any atom is 0.260 e. The van der Waals surface area contributed by atoms with Crippen LogP contribution in [0, 0.1) is 16.3 Å². The molecule has 1 atom stereocenters. The fourth-order valence-electron chi connectivity index (χ4n) is 6.71. The summed E-state index contributed by atoms with van der Waals surface area (Å²) < 4.78 is 18.3. The highest BCUT2D eigenvalue weighted by molar-refractivity contribution is 6.37. The summed E-state index contributed by atoms with van der Waals surface area (Å²) in [5.41, 5.74) is -6.69. The smallest absolute Gasteiger partial charge is 0.260 e. The second kappa shape index (κ2) is 10.4. The highest BCUT2D eigenvalue weighted by atomic mass is 35.5. The number of aromatic hydroxyl groups is 1. The molecule has 1 heterocycles. The Kier molecular flexibility index (Phi) is 6.58. The van der Waals surface area contributed by atoms with Crippen molar-refractivity contribution in [1.29, 1.82) is 0 Å². The van der Waals surface area contributed by atoms with Crippen LogP contribution in [0.3, 0.4) is 0 Å². The minimum absolute atomic E-state index is 0.00206. The first-order valence-corrected chi connectivity index (χ1v) is 14.4. The maximum atomic E-state index is 13.7. The molecule has 14 heteroatoms. The standard InChI is InChI=1S/C33H20ClFN2O10/c1-46-18-9-17(38)20-21(26(18)39)28(41)23-22(27(20)40)30(43)33(31(23)44)6-5-15-24(33)29(42)19-16(25(15)34)8-14(37-32(19)45)10-36-47-11-12-3-2-4-13(35)7-12/h2-4,7-10,42-44H,5-6,11H2,1H3,(H,37,45)/b36-10+/t33-/m0/s1. The molecule has 4 aliphatic rings. The van der Waals surface area contributed by atoms with Crippen molar-refractivity contribution in [2.45, 2.75) is 24.9 Å². The first-order chi connectivity index (χ1) is 22.4. The van der Waals surface area contributed by atoms with Gasteiger partial charge in [0.05, 0.1) is 50.3 Å². The van der Waals surface area contributed by atoms with Gasteiger partial charge in [-0.1, -0.05) is 28.9 Å². The molecule has 4 N–H and O–H groups in total. The fraction of sp³-hybridized carbons (Fsp3) is 0.152. The van der Waals surface area contributed by atoms with Crippen LogP contribution < -0.4 is 42.4 Å². The Hall–Kier alpha value is -5.82. The normalized spacial score (nSPS) is 16.9. The quantitative estimate of drug-likeness (QED) is 0.155. The Bertz CT molecular complexity index is 2750. The number of aromatic amines is 1. The number of phenols is 1. The number of aromatic nitrogens is 1. The molecule has 236 valence electrons. The van der Waals surface area contributed by atoms with Gasteiger partial charge in [-0.2, -0.15) is 0 Å². The number of rotatable bonds is 5. The molecule has 0 radical (unpaired) electrons. The van der Waals surface area contributed by atoms with Crippen molar-refractivity contribution in [1.82, 2.24) is 4.98 Å². The number of hydrogen-bond acceptors (Lipinski definition) is 11. The summed E-state index contributed by atoms with van der Waals surface area (Å²) in [5.74, 6) is -3.29. The monoisotopic (exact) mass is 658 g/mol. The lowest BCUT2D eigenvalue weighted by atomic mass is 9.78. The van der Waals surface area contributed by atoms with E-state index in [9.17, 15) is 43.7 Å². The van der Waals surface area contributed by atoms with Gasteiger partial charge in [-0.3, -0.25) is 24.0 Å². The molecule has 0 aliphatic heterocycles. The SMILES string of the molecule is COc1cc(=O)c2c(=O)c3c(c(=O)c=2c1=O)=C(O)[C@]1(CCc2c1c(O)c1c(=O)[nH]c(/C=N/OCc4cccc(F)c4)cc1c2Cl)C=3O. The van der Waals surface area contributed by atoms with Crippen LogP contribution in [0.2, 0.25) is 5.02 Å². The van der Waals surface area contributed by atoms with Crippen molar-refractivity contribution in [2.75, 3.05) is 7.11 Å². The lowest BCUT2D eigenvalue weighted by Crippen LogP contribution is -2.51. The fourth-order valence-corrected chi connectivity index (χ4v) is 7.05. The van der Waals surface area contributed by atoms with Gasteiger partial charge in [-0.25, -0.2) is 4.39 Å². The predicted molar refractivity (Wildman–Crippen MR) is 167 cm³/mol. The van der Waals surface area contributed by atoms with E-state index >= 15 is 0 Å². The van der Waals surface area contributed by atoms with Crippen LogP contribution in [-0.4, -0.2) is 33.6 Å². The van der Waals surface area contributed by atoms with Gasteiger partial charge in [0.1, 0.15) is 35.1 Å². The van der Waals surface area contributed by atoms with E-state index in [-0.39, 0.29) is 52.1 Å². The van der Waals surface area contributed by atoms with Gasteiger partial charge in [-0.15, -0.1) is 0 Å². The number of hydrogen-bond donors (Lipinski definition) is 4. The Morgan fingerprint density at radius 1 is 0.979 bits per heavy atom. The van der Waals surface area contributed by atoms with E-state index in [1.54, 1.807) is 6.07 Å². The van der Waals surface area contributed by atoms with Crippen LogP contribution in [0.1, 0.15) is 28.8 Å². The van der Waals surface area contributed by atoms with Crippen molar-refractivity contribution in [3.8, 4) is 11.5 Å². The third kappa shape index (κ3) is 3.99. The molecular formula is C33H20ClFN2O10. The number of phenolic OH excluding ortho intramolecular Hbond substituents is 1. The number of H-pyrrole nitrogens is 1. The molecule has 1 spiro atoms. The number of nitrogens with one attached hydrogen (secondary N) is 1. The molecule has 0 fully saturated rings. The highest BCUT2D eigenvalue weighted by Crippen LogP contribution is 2.56. The molecular weight excluding hydrogens is 639 g/mol. The molecule has 7 rings (SSSR count). The van der Waals surface area contributed by atoms with E-state index < -0.39 is 82.4 Å². The number of methoxy groups -OCH3 is 1. The molecule has 1 aromatic heterocycles. The zero-order chi connectivity index (χ0) is 33.5. The number of benzene rings is 2. The van der Waals surface area contributed by atoms with E-state index in [0.29, 0.717) is 5.56 Å². The zero-order valence-corrected chi connectivity index (χ0v) is 24.8. The van der Waals surface area contributed by atoms with Crippen LogP contribution >= 0.6 is 11.6 Å². The van der Waals surface area contributed by atoms with E-state index in [4.69, 9.17) is 21.2 Å². The Balaban J connectivity index is 1.42. The third-order valence-electron chi connectivity index (χ3n) is 8.76. The second-order valence-electron chi connectivity index (χ2n) is 11.2.